The zero-order chi connectivity index (χ0) is 8.81. The van der Waals surface area contributed by atoms with E-state index >= 15 is 0 Å². The van der Waals surface area contributed by atoms with Crippen molar-refractivity contribution in [2.45, 2.75) is 6.42 Å². The number of hydrogen-bond donors (Lipinski definition) is 3. The number of aliphatic hydroxyl groups excluding tert-OH is 1. The van der Waals surface area contributed by atoms with Gasteiger partial charge in [0.15, 0.2) is 0 Å². The van der Waals surface area contributed by atoms with Crippen LogP contribution in [0.25, 0.3) is 0 Å². The second-order valence-electron chi connectivity index (χ2n) is 2.51. The van der Waals surface area contributed by atoms with Crippen molar-refractivity contribution >= 4 is 5.69 Å². The molecule has 3 nitrogen and oxygen atoms in total. The predicted molar refractivity (Wildman–Crippen MR) is 49.9 cm³/mol. The average Bonchev–Trinajstić information content (AvgIpc) is 2.09. The molecule has 1 rings (SSSR count). The molecule has 0 amide bonds. The zero-order valence-corrected chi connectivity index (χ0v) is 7.17. The lowest BCUT2D eigenvalue weighted by molar-refractivity contribution is 0.300. The van der Waals surface area contributed by atoms with Crippen LogP contribution in [0.1, 0.15) is 5.56 Å². The Kier molecular flexibility index (Phi) is 3.57. The Morgan fingerprint density at radius 2 is 2.08 bits per heavy atom. The van der Waals surface area contributed by atoms with Crippen LogP contribution in [0.5, 0.6) is 0 Å². The molecule has 1 aromatic carbocycles. The first kappa shape index (κ1) is 9.03. The first-order valence-electron chi connectivity index (χ1n) is 4.00. The molecule has 0 fully saturated rings. The van der Waals surface area contributed by atoms with E-state index in [1.54, 1.807) is 0 Å². The van der Waals surface area contributed by atoms with E-state index in [1.165, 1.54) is 0 Å². The fourth-order valence-electron chi connectivity index (χ4n) is 1.12. The summed E-state index contributed by atoms with van der Waals surface area (Å²) in [5.41, 5.74) is 7.99. The molecule has 0 aliphatic carbocycles. The molecular formula is C9H14N2O. The van der Waals surface area contributed by atoms with Crippen LogP contribution in [0.3, 0.4) is 0 Å². The van der Waals surface area contributed by atoms with Crippen LogP contribution < -0.4 is 10.9 Å². The highest BCUT2D eigenvalue weighted by molar-refractivity contribution is 5.50. The van der Waals surface area contributed by atoms with Crippen molar-refractivity contribution in [2.24, 2.45) is 0 Å². The van der Waals surface area contributed by atoms with Gasteiger partial charge in [0.2, 0.25) is 0 Å². The van der Waals surface area contributed by atoms with Gasteiger partial charge in [-0.2, -0.15) is 0 Å². The molecule has 0 atom stereocenters. The van der Waals surface area contributed by atoms with E-state index in [4.69, 9.17) is 5.11 Å². The molecule has 0 aliphatic rings. The van der Waals surface area contributed by atoms with Crippen molar-refractivity contribution in [3.05, 3.63) is 29.8 Å². The number of rotatable bonds is 4. The monoisotopic (exact) mass is 166 g/mol. The summed E-state index contributed by atoms with van der Waals surface area (Å²) in [6.07, 6.45) is 0.685. The second-order valence-corrected chi connectivity index (χ2v) is 2.51. The van der Waals surface area contributed by atoms with E-state index in [1.807, 2.05) is 31.3 Å². The van der Waals surface area contributed by atoms with Crippen LogP contribution in [0.2, 0.25) is 0 Å². The number of hydrazine groups is 1. The van der Waals surface area contributed by atoms with Gasteiger partial charge in [-0.05, 0) is 18.1 Å². The fourth-order valence-corrected chi connectivity index (χ4v) is 1.12. The molecule has 0 spiro atoms. The van der Waals surface area contributed by atoms with Gasteiger partial charge in [0, 0.05) is 13.7 Å². The Balaban J connectivity index is 2.77. The minimum Gasteiger partial charge on any atom is -0.396 e. The van der Waals surface area contributed by atoms with Crippen LogP contribution in [0.15, 0.2) is 24.3 Å². The van der Waals surface area contributed by atoms with Gasteiger partial charge in [-0.25, -0.2) is 5.43 Å². The summed E-state index contributed by atoms with van der Waals surface area (Å²) in [6.45, 7) is 0.183. The molecule has 0 aliphatic heterocycles. The van der Waals surface area contributed by atoms with Gasteiger partial charge in [0.25, 0.3) is 0 Å². The standard InChI is InChI=1S/C9H14N2O/c1-10-11-9-5-3-2-4-8(9)6-7-12/h2-5,10-12H,6-7H2,1H3. The number of hydrogen-bond acceptors (Lipinski definition) is 3. The Hall–Kier alpha value is -1.06. The highest BCUT2D eigenvalue weighted by Crippen LogP contribution is 2.13. The molecule has 12 heavy (non-hydrogen) atoms. The highest BCUT2D eigenvalue weighted by atomic mass is 16.2. The molecule has 3 heteroatoms. The van der Waals surface area contributed by atoms with Crippen LogP contribution in [-0.4, -0.2) is 18.8 Å². The molecule has 0 saturated heterocycles. The summed E-state index contributed by atoms with van der Waals surface area (Å²) in [7, 11) is 1.82. The second kappa shape index (κ2) is 4.74. The van der Waals surface area contributed by atoms with Crippen LogP contribution in [0, 0.1) is 0 Å². The minimum atomic E-state index is 0.183. The molecule has 0 saturated carbocycles. The first-order chi connectivity index (χ1) is 5.88. The van der Waals surface area contributed by atoms with E-state index in [9.17, 15) is 0 Å². The quantitative estimate of drug-likeness (QED) is 0.579. The Bertz CT molecular complexity index is 213. The molecular weight excluding hydrogens is 152 g/mol. The molecule has 0 bridgehead atoms. The summed E-state index contributed by atoms with van der Waals surface area (Å²) in [4.78, 5) is 0. The number of nitrogens with one attached hydrogen (secondary N) is 2. The first-order valence-corrected chi connectivity index (χ1v) is 4.00. The molecule has 3 N–H and O–H groups in total. The minimum absolute atomic E-state index is 0.183. The molecule has 0 unspecified atom stereocenters. The largest absolute Gasteiger partial charge is 0.396 e. The van der Waals surface area contributed by atoms with Crippen molar-refractivity contribution in [2.75, 3.05) is 19.1 Å². The maximum Gasteiger partial charge on any atom is 0.0520 e. The molecule has 0 radical (unpaired) electrons. The van der Waals surface area contributed by atoms with Crippen molar-refractivity contribution in [1.82, 2.24) is 5.43 Å². The van der Waals surface area contributed by atoms with E-state index in [0.29, 0.717) is 6.42 Å². The number of para-hydroxylation sites is 1. The average molecular weight is 166 g/mol. The SMILES string of the molecule is CNNc1ccccc1CCO. The summed E-state index contributed by atoms with van der Waals surface area (Å²) in [5, 5.41) is 8.76. The smallest absolute Gasteiger partial charge is 0.0520 e. The Morgan fingerprint density at radius 1 is 1.33 bits per heavy atom. The van der Waals surface area contributed by atoms with E-state index in [0.717, 1.165) is 11.3 Å². The third kappa shape index (κ3) is 2.22. The van der Waals surface area contributed by atoms with Crippen LogP contribution in [-0.2, 0) is 6.42 Å². The number of benzene rings is 1. The van der Waals surface area contributed by atoms with Crippen molar-refractivity contribution in [3.8, 4) is 0 Å². The number of anilines is 1. The van der Waals surface area contributed by atoms with Gasteiger partial charge < -0.3 is 10.5 Å². The molecule has 66 valence electrons. The predicted octanol–water partition coefficient (Wildman–Crippen LogP) is 0.768. The lowest BCUT2D eigenvalue weighted by Crippen LogP contribution is -2.16. The van der Waals surface area contributed by atoms with Gasteiger partial charge in [0.1, 0.15) is 0 Å². The summed E-state index contributed by atoms with van der Waals surface area (Å²) in [6, 6.07) is 7.89. The molecule has 1 aromatic rings. The third-order valence-corrected chi connectivity index (χ3v) is 1.66. The van der Waals surface area contributed by atoms with E-state index in [-0.39, 0.29) is 6.61 Å². The fraction of sp³-hybridized carbons (Fsp3) is 0.333. The van der Waals surface area contributed by atoms with Gasteiger partial charge in [-0.1, -0.05) is 18.2 Å². The number of aliphatic hydroxyl groups is 1. The summed E-state index contributed by atoms with van der Waals surface area (Å²) < 4.78 is 0. The summed E-state index contributed by atoms with van der Waals surface area (Å²) in [5.74, 6) is 0. The van der Waals surface area contributed by atoms with Crippen LogP contribution in [0.4, 0.5) is 5.69 Å². The van der Waals surface area contributed by atoms with Gasteiger partial charge >= 0.3 is 0 Å². The van der Waals surface area contributed by atoms with E-state index < -0.39 is 0 Å². The highest BCUT2D eigenvalue weighted by Gasteiger charge is 1.97. The Morgan fingerprint density at radius 3 is 2.75 bits per heavy atom. The van der Waals surface area contributed by atoms with Crippen LogP contribution >= 0.6 is 0 Å². The van der Waals surface area contributed by atoms with Gasteiger partial charge in [-0.15, -0.1) is 0 Å². The van der Waals surface area contributed by atoms with Gasteiger partial charge in [-0.3, -0.25) is 0 Å². The maximum atomic E-state index is 8.76. The topological polar surface area (TPSA) is 44.3 Å². The summed E-state index contributed by atoms with van der Waals surface area (Å²) >= 11 is 0. The van der Waals surface area contributed by atoms with Gasteiger partial charge in [0.05, 0.1) is 5.69 Å². The Labute approximate surface area is 72.4 Å². The zero-order valence-electron chi connectivity index (χ0n) is 7.17. The normalized spacial score (nSPS) is 9.83. The molecule has 0 aromatic heterocycles. The lowest BCUT2D eigenvalue weighted by Gasteiger charge is -2.09. The van der Waals surface area contributed by atoms with Crippen molar-refractivity contribution in [1.29, 1.82) is 0 Å². The van der Waals surface area contributed by atoms with E-state index in [2.05, 4.69) is 10.9 Å². The third-order valence-electron chi connectivity index (χ3n) is 1.66. The maximum absolute atomic E-state index is 8.76. The van der Waals surface area contributed by atoms with Crippen molar-refractivity contribution < 1.29 is 5.11 Å². The van der Waals surface area contributed by atoms with Crippen molar-refractivity contribution in [3.63, 3.8) is 0 Å². The lowest BCUT2D eigenvalue weighted by atomic mass is 10.1. The molecule has 0 heterocycles.